The van der Waals surface area contributed by atoms with Crippen LogP contribution >= 0.6 is 0 Å². The molecule has 2 aromatic rings. The maximum Gasteiger partial charge on any atom is 0.221 e. The van der Waals surface area contributed by atoms with Gasteiger partial charge in [0.2, 0.25) is 11.8 Å². The van der Waals surface area contributed by atoms with Crippen molar-refractivity contribution in [3.63, 3.8) is 0 Å². The predicted octanol–water partition coefficient (Wildman–Crippen LogP) is 2.87. The fraction of sp³-hybridized carbons (Fsp3) is 0.467. The van der Waals surface area contributed by atoms with Crippen LogP contribution in [-0.4, -0.2) is 23.3 Å². The molecular weight excluding hydrogens is 276 g/mol. The Kier molecular flexibility index (Phi) is 5.80. The summed E-state index contributed by atoms with van der Waals surface area (Å²) in [6.45, 7) is 4.02. The lowest BCUT2D eigenvalue weighted by Crippen LogP contribution is -2.16. The molecule has 114 valence electrons. The van der Waals surface area contributed by atoms with E-state index in [-0.39, 0.29) is 6.42 Å². The van der Waals surface area contributed by atoms with Crippen LogP contribution in [0.1, 0.15) is 37.1 Å². The molecule has 0 saturated carbocycles. The summed E-state index contributed by atoms with van der Waals surface area (Å²) in [7, 11) is 0. The second-order valence-electron chi connectivity index (χ2n) is 4.86. The fourth-order valence-electron chi connectivity index (χ4n) is 1.96. The summed E-state index contributed by atoms with van der Waals surface area (Å²) in [5.41, 5.74) is 0.344. The van der Waals surface area contributed by atoms with Gasteiger partial charge in [-0.3, -0.25) is 0 Å². The molecule has 6 heteroatoms. The quantitative estimate of drug-likeness (QED) is 0.761. The molecule has 0 atom stereocenters. The largest absolute Gasteiger partial charge is 0.425 e. The molecule has 4 nitrogen and oxygen atoms in total. The van der Waals surface area contributed by atoms with Gasteiger partial charge in [-0.25, -0.2) is 8.78 Å². The average Bonchev–Trinajstić information content (AvgIpc) is 2.89. The summed E-state index contributed by atoms with van der Waals surface area (Å²) in [4.78, 5) is 0. The fourth-order valence-corrected chi connectivity index (χ4v) is 1.96. The summed E-state index contributed by atoms with van der Waals surface area (Å²) in [5.74, 6) is -0.302. The molecule has 0 aliphatic rings. The van der Waals surface area contributed by atoms with E-state index >= 15 is 0 Å². The molecule has 1 aromatic heterocycles. The van der Waals surface area contributed by atoms with Gasteiger partial charge in [0.25, 0.3) is 0 Å². The third kappa shape index (κ3) is 4.90. The number of benzene rings is 1. The number of nitrogens with zero attached hydrogens (tertiary/aromatic N) is 2. The van der Waals surface area contributed by atoms with Crippen LogP contribution in [0.4, 0.5) is 8.78 Å². The van der Waals surface area contributed by atoms with Crippen LogP contribution in [0.15, 0.2) is 22.6 Å². The maximum absolute atomic E-state index is 13.5. The van der Waals surface area contributed by atoms with Crippen LogP contribution < -0.4 is 5.32 Å². The summed E-state index contributed by atoms with van der Waals surface area (Å²) in [5, 5.41) is 11.1. The summed E-state index contributed by atoms with van der Waals surface area (Å²) >= 11 is 0. The van der Waals surface area contributed by atoms with E-state index in [9.17, 15) is 8.78 Å². The summed E-state index contributed by atoms with van der Waals surface area (Å²) in [6.07, 6.45) is 2.88. The SMILES string of the molecule is CCCNCCCc1nnc(Cc2ccc(F)cc2F)o1. The van der Waals surface area contributed by atoms with Crippen LogP contribution in [0.5, 0.6) is 0 Å². The monoisotopic (exact) mass is 295 g/mol. The second kappa shape index (κ2) is 7.83. The molecule has 0 fully saturated rings. The van der Waals surface area contributed by atoms with Gasteiger partial charge in [-0.05, 0) is 37.6 Å². The number of aromatic nitrogens is 2. The van der Waals surface area contributed by atoms with E-state index in [1.165, 1.54) is 12.1 Å². The second-order valence-corrected chi connectivity index (χ2v) is 4.86. The number of nitrogens with one attached hydrogen (secondary N) is 1. The Bertz CT molecular complexity index is 572. The Labute approximate surface area is 122 Å². The van der Waals surface area contributed by atoms with Gasteiger partial charge in [0.1, 0.15) is 11.6 Å². The minimum atomic E-state index is -0.599. The van der Waals surface area contributed by atoms with E-state index in [0.717, 1.165) is 32.0 Å². The zero-order valence-corrected chi connectivity index (χ0v) is 12.0. The lowest BCUT2D eigenvalue weighted by molar-refractivity contribution is 0.446. The normalized spacial score (nSPS) is 11.0. The first-order valence-corrected chi connectivity index (χ1v) is 7.15. The van der Waals surface area contributed by atoms with E-state index in [0.29, 0.717) is 23.8 Å². The first kappa shape index (κ1) is 15.6. The van der Waals surface area contributed by atoms with Gasteiger partial charge >= 0.3 is 0 Å². The van der Waals surface area contributed by atoms with Crippen molar-refractivity contribution in [2.24, 2.45) is 0 Å². The molecule has 1 N–H and O–H groups in total. The van der Waals surface area contributed by atoms with Crippen LogP contribution in [0.3, 0.4) is 0 Å². The molecule has 21 heavy (non-hydrogen) atoms. The zero-order valence-electron chi connectivity index (χ0n) is 12.0. The Morgan fingerprint density at radius 3 is 2.71 bits per heavy atom. The van der Waals surface area contributed by atoms with Crippen molar-refractivity contribution in [3.8, 4) is 0 Å². The van der Waals surface area contributed by atoms with Gasteiger partial charge in [0, 0.05) is 12.5 Å². The van der Waals surface area contributed by atoms with E-state index < -0.39 is 11.6 Å². The minimum absolute atomic E-state index is 0.174. The highest BCUT2D eigenvalue weighted by atomic mass is 19.1. The average molecular weight is 295 g/mol. The Morgan fingerprint density at radius 1 is 1.14 bits per heavy atom. The zero-order chi connectivity index (χ0) is 15.1. The lowest BCUT2D eigenvalue weighted by atomic mass is 10.1. The predicted molar refractivity (Wildman–Crippen MR) is 74.9 cm³/mol. The highest BCUT2D eigenvalue weighted by Crippen LogP contribution is 2.14. The first-order chi connectivity index (χ1) is 10.2. The van der Waals surface area contributed by atoms with E-state index in [1.54, 1.807) is 0 Å². The number of hydrogen-bond acceptors (Lipinski definition) is 4. The molecule has 0 bridgehead atoms. The molecular formula is C15H19F2N3O. The molecule has 0 radical (unpaired) electrons. The van der Waals surface area contributed by atoms with Gasteiger partial charge in [0.15, 0.2) is 0 Å². The van der Waals surface area contributed by atoms with Gasteiger partial charge in [-0.2, -0.15) is 0 Å². The van der Waals surface area contributed by atoms with Crippen LogP contribution in [0, 0.1) is 11.6 Å². The van der Waals surface area contributed by atoms with Gasteiger partial charge in [-0.1, -0.05) is 13.0 Å². The van der Waals surface area contributed by atoms with E-state index in [1.807, 2.05) is 0 Å². The third-order valence-electron chi connectivity index (χ3n) is 3.04. The molecule has 1 aromatic carbocycles. The highest BCUT2D eigenvalue weighted by molar-refractivity contribution is 5.21. The summed E-state index contributed by atoms with van der Waals surface area (Å²) < 4.78 is 31.8. The topological polar surface area (TPSA) is 51.0 Å². The minimum Gasteiger partial charge on any atom is -0.425 e. The molecule has 0 amide bonds. The number of rotatable bonds is 8. The Morgan fingerprint density at radius 2 is 1.95 bits per heavy atom. The highest BCUT2D eigenvalue weighted by Gasteiger charge is 2.10. The van der Waals surface area contributed by atoms with Gasteiger partial charge in [-0.15, -0.1) is 10.2 Å². The van der Waals surface area contributed by atoms with Crippen molar-refractivity contribution in [2.45, 2.75) is 32.6 Å². The van der Waals surface area contributed by atoms with Gasteiger partial charge < -0.3 is 9.73 Å². The molecule has 0 saturated heterocycles. The Balaban J connectivity index is 1.85. The van der Waals surface area contributed by atoms with Crippen LogP contribution in [0.2, 0.25) is 0 Å². The standard InChI is InChI=1S/C15H19F2N3O/c1-2-7-18-8-3-4-14-19-20-15(21-14)9-11-5-6-12(16)10-13(11)17/h5-6,10,18H,2-4,7-9H2,1H3. The number of aryl methyl sites for hydroxylation is 1. The summed E-state index contributed by atoms with van der Waals surface area (Å²) in [6, 6.07) is 3.46. The lowest BCUT2D eigenvalue weighted by Gasteiger charge is -2.00. The molecule has 0 unspecified atom stereocenters. The van der Waals surface area contributed by atoms with E-state index in [2.05, 4.69) is 22.4 Å². The van der Waals surface area contributed by atoms with Crippen LogP contribution in [-0.2, 0) is 12.8 Å². The van der Waals surface area contributed by atoms with Crippen molar-refractivity contribution in [1.29, 1.82) is 0 Å². The molecule has 0 aliphatic carbocycles. The maximum atomic E-state index is 13.5. The third-order valence-corrected chi connectivity index (χ3v) is 3.04. The number of hydrogen-bond donors (Lipinski definition) is 1. The van der Waals surface area contributed by atoms with Gasteiger partial charge in [0.05, 0.1) is 6.42 Å². The number of halogens is 2. The van der Waals surface area contributed by atoms with Crippen molar-refractivity contribution in [2.75, 3.05) is 13.1 Å². The van der Waals surface area contributed by atoms with Crippen LogP contribution in [0.25, 0.3) is 0 Å². The smallest absolute Gasteiger partial charge is 0.221 e. The van der Waals surface area contributed by atoms with Crippen molar-refractivity contribution in [1.82, 2.24) is 15.5 Å². The molecule has 0 aliphatic heterocycles. The molecule has 0 spiro atoms. The van der Waals surface area contributed by atoms with Crippen molar-refractivity contribution in [3.05, 3.63) is 47.2 Å². The molecule has 2 rings (SSSR count). The van der Waals surface area contributed by atoms with E-state index in [4.69, 9.17) is 4.42 Å². The van der Waals surface area contributed by atoms with Crippen molar-refractivity contribution < 1.29 is 13.2 Å². The first-order valence-electron chi connectivity index (χ1n) is 7.15. The van der Waals surface area contributed by atoms with Crippen molar-refractivity contribution >= 4 is 0 Å². The Hall–Kier alpha value is -1.82. The molecule has 1 heterocycles.